The normalized spacial score (nSPS) is 19.1. The smallest absolute Gasteiger partial charge is 0.342 e. The second kappa shape index (κ2) is 8.11. The number of benzene rings is 1. The van der Waals surface area contributed by atoms with Gasteiger partial charge in [0.15, 0.2) is 0 Å². The van der Waals surface area contributed by atoms with Crippen LogP contribution in [0.25, 0.3) is 5.69 Å². The highest BCUT2D eigenvalue weighted by molar-refractivity contribution is 7.10. The summed E-state index contributed by atoms with van der Waals surface area (Å²) in [5, 5.41) is 6.66. The first-order valence-corrected chi connectivity index (χ1v) is 12.0. The van der Waals surface area contributed by atoms with E-state index in [0.29, 0.717) is 5.91 Å². The highest BCUT2D eigenvalue weighted by Gasteiger charge is 2.46. The second-order valence-electron chi connectivity index (χ2n) is 8.77. The molecule has 6 nitrogen and oxygen atoms in total. The van der Waals surface area contributed by atoms with E-state index in [-0.39, 0.29) is 17.0 Å². The van der Waals surface area contributed by atoms with E-state index < -0.39 is 0 Å². The van der Waals surface area contributed by atoms with E-state index in [0.717, 1.165) is 63.1 Å². The summed E-state index contributed by atoms with van der Waals surface area (Å²) in [6, 6.07) is 13.9. The lowest BCUT2D eigenvalue weighted by Crippen LogP contribution is -2.48. The number of aryl methyl sites for hydroxylation is 1. The first-order chi connectivity index (χ1) is 15.1. The molecule has 31 heavy (non-hydrogen) atoms. The van der Waals surface area contributed by atoms with Crippen LogP contribution in [0.2, 0.25) is 0 Å². The Balaban J connectivity index is 1.37. The Labute approximate surface area is 186 Å². The van der Waals surface area contributed by atoms with Gasteiger partial charge in [-0.3, -0.25) is 4.79 Å². The molecule has 3 heterocycles. The van der Waals surface area contributed by atoms with E-state index >= 15 is 0 Å². The van der Waals surface area contributed by atoms with E-state index in [9.17, 15) is 9.59 Å². The monoisotopic (exact) mass is 436 g/mol. The molecule has 1 aliphatic carbocycles. The van der Waals surface area contributed by atoms with Gasteiger partial charge >= 0.3 is 5.69 Å². The van der Waals surface area contributed by atoms with Crippen LogP contribution >= 0.6 is 11.3 Å². The second-order valence-corrected chi connectivity index (χ2v) is 9.72. The summed E-state index contributed by atoms with van der Waals surface area (Å²) in [5.74, 6) is 1.27. The molecule has 2 aliphatic rings. The van der Waals surface area contributed by atoms with Crippen LogP contribution in [0.5, 0.6) is 0 Å². The maximum Gasteiger partial charge on any atom is 0.350 e. The minimum atomic E-state index is -0.321. The fourth-order valence-corrected chi connectivity index (χ4v) is 6.28. The molecule has 7 heteroatoms. The third-order valence-corrected chi connectivity index (χ3v) is 8.04. The first-order valence-electron chi connectivity index (χ1n) is 11.1. The zero-order valence-corrected chi connectivity index (χ0v) is 18.7. The van der Waals surface area contributed by atoms with Gasteiger partial charge in [-0.1, -0.05) is 37.1 Å². The molecule has 0 N–H and O–H groups in total. The number of carbonyl (C=O) groups excluding carboxylic acids is 1. The van der Waals surface area contributed by atoms with Crippen molar-refractivity contribution in [2.45, 2.75) is 49.9 Å². The maximum atomic E-state index is 13.7. The Morgan fingerprint density at radius 2 is 1.77 bits per heavy atom. The van der Waals surface area contributed by atoms with Gasteiger partial charge in [0.05, 0.1) is 11.1 Å². The summed E-state index contributed by atoms with van der Waals surface area (Å²) in [4.78, 5) is 29.7. The largest absolute Gasteiger partial charge is 0.350 e. The summed E-state index contributed by atoms with van der Waals surface area (Å²) >= 11 is 1.71. The molecule has 162 valence electrons. The summed E-state index contributed by atoms with van der Waals surface area (Å²) < 4.78 is 3.15. The molecule has 0 spiro atoms. The first kappa shape index (κ1) is 20.2. The van der Waals surface area contributed by atoms with Gasteiger partial charge in [-0.2, -0.15) is 5.10 Å². The van der Waals surface area contributed by atoms with Gasteiger partial charge in [0.25, 0.3) is 0 Å². The number of hydrogen-bond donors (Lipinski definition) is 0. The van der Waals surface area contributed by atoms with Crippen LogP contribution in [0.4, 0.5) is 0 Å². The predicted molar refractivity (Wildman–Crippen MR) is 122 cm³/mol. The lowest BCUT2D eigenvalue weighted by atomic mass is 9.82. The third kappa shape index (κ3) is 3.45. The molecular formula is C24H28N4O2S. The number of carbonyl (C=O) groups is 1. The number of hydrogen-bond acceptors (Lipinski definition) is 4. The molecule has 1 aromatic carbocycles. The van der Waals surface area contributed by atoms with E-state index in [4.69, 9.17) is 0 Å². The third-order valence-electron chi connectivity index (χ3n) is 6.97. The highest BCUT2D eigenvalue weighted by atomic mass is 32.1. The molecule has 1 saturated heterocycles. The fourth-order valence-electron chi connectivity index (χ4n) is 5.31. The number of para-hydroxylation sites is 1. The van der Waals surface area contributed by atoms with E-state index in [2.05, 4.69) is 27.5 Å². The van der Waals surface area contributed by atoms with Gasteiger partial charge in [0.2, 0.25) is 5.91 Å². The molecular weight excluding hydrogens is 408 g/mol. The van der Waals surface area contributed by atoms with Crippen LogP contribution in [0.1, 0.15) is 55.1 Å². The SMILES string of the molecule is Cn1nc(C2CCN(C(=O)C3(c4cccs4)CCCC3)CC2)n(-c2ccccc2)c1=O. The van der Waals surface area contributed by atoms with Crippen LogP contribution in [0.3, 0.4) is 0 Å². The molecule has 1 amide bonds. The van der Waals surface area contributed by atoms with Crippen molar-refractivity contribution in [1.82, 2.24) is 19.2 Å². The quantitative estimate of drug-likeness (QED) is 0.624. The number of aromatic nitrogens is 3. The molecule has 1 aliphatic heterocycles. The van der Waals surface area contributed by atoms with Gasteiger partial charge in [-0.15, -0.1) is 11.3 Å². The Morgan fingerprint density at radius 1 is 1.06 bits per heavy atom. The molecule has 0 radical (unpaired) electrons. The van der Waals surface area contributed by atoms with Crippen molar-refractivity contribution < 1.29 is 4.79 Å². The molecule has 2 fully saturated rings. The van der Waals surface area contributed by atoms with Crippen molar-refractivity contribution in [1.29, 1.82) is 0 Å². The minimum absolute atomic E-state index is 0.123. The van der Waals surface area contributed by atoms with Crippen LogP contribution in [-0.2, 0) is 17.3 Å². The summed E-state index contributed by atoms with van der Waals surface area (Å²) in [6.45, 7) is 1.44. The van der Waals surface area contributed by atoms with Crippen molar-refractivity contribution >= 4 is 17.2 Å². The molecule has 0 bridgehead atoms. The standard InChI is InChI=1S/C24H28N4O2S/c1-26-23(30)28(19-8-3-2-4-9-19)21(25-26)18-11-15-27(16-12-18)22(29)24(13-5-6-14-24)20-10-7-17-31-20/h2-4,7-10,17-18H,5-6,11-16H2,1H3. The molecule has 5 rings (SSSR count). The Bertz CT molecular complexity index is 1100. The number of piperidine rings is 1. The van der Waals surface area contributed by atoms with Crippen LogP contribution in [0, 0.1) is 0 Å². The van der Waals surface area contributed by atoms with Crippen molar-refractivity contribution in [2.75, 3.05) is 13.1 Å². The summed E-state index contributed by atoms with van der Waals surface area (Å²) in [7, 11) is 1.70. The Morgan fingerprint density at radius 3 is 2.42 bits per heavy atom. The Hall–Kier alpha value is -2.67. The van der Waals surface area contributed by atoms with Gasteiger partial charge in [-0.05, 0) is 49.3 Å². The molecule has 1 saturated carbocycles. The average Bonchev–Trinajstić information content (AvgIpc) is 3.56. The molecule has 0 unspecified atom stereocenters. The number of likely N-dealkylation sites (tertiary alicyclic amines) is 1. The Kier molecular flexibility index (Phi) is 5.30. The zero-order valence-electron chi connectivity index (χ0n) is 17.9. The van der Waals surface area contributed by atoms with E-state index in [1.807, 2.05) is 30.3 Å². The van der Waals surface area contributed by atoms with E-state index in [1.54, 1.807) is 23.0 Å². The number of amides is 1. The minimum Gasteiger partial charge on any atom is -0.342 e. The number of thiophene rings is 1. The van der Waals surface area contributed by atoms with E-state index in [1.165, 1.54) is 9.56 Å². The lowest BCUT2D eigenvalue weighted by molar-refractivity contribution is -0.138. The van der Waals surface area contributed by atoms with Crippen molar-refractivity contribution in [3.8, 4) is 5.69 Å². The van der Waals surface area contributed by atoms with Gasteiger partial charge in [-0.25, -0.2) is 14.0 Å². The zero-order chi connectivity index (χ0) is 21.4. The number of rotatable bonds is 4. The lowest BCUT2D eigenvalue weighted by Gasteiger charge is -2.38. The molecule has 0 atom stereocenters. The van der Waals surface area contributed by atoms with Crippen molar-refractivity contribution in [3.63, 3.8) is 0 Å². The van der Waals surface area contributed by atoms with Crippen LogP contribution in [0.15, 0.2) is 52.6 Å². The van der Waals surface area contributed by atoms with Crippen LogP contribution in [-0.4, -0.2) is 38.2 Å². The van der Waals surface area contributed by atoms with Gasteiger partial charge in [0, 0.05) is 30.9 Å². The summed E-state index contributed by atoms with van der Waals surface area (Å²) in [6.07, 6.45) is 5.82. The van der Waals surface area contributed by atoms with Crippen LogP contribution < -0.4 is 5.69 Å². The molecule has 2 aromatic heterocycles. The fraction of sp³-hybridized carbons (Fsp3) is 0.458. The predicted octanol–water partition coefficient (Wildman–Crippen LogP) is 3.85. The summed E-state index contributed by atoms with van der Waals surface area (Å²) in [5.41, 5.74) is 0.400. The van der Waals surface area contributed by atoms with Crippen molar-refractivity contribution in [2.24, 2.45) is 7.05 Å². The topological polar surface area (TPSA) is 60.1 Å². The maximum absolute atomic E-state index is 13.7. The van der Waals surface area contributed by atoms with Gasteiger partial charge in [0.1, 0.15) is 5.82 Å². The van der Waals surface area contributed by atoms with Gasteiger partial charge < -0.3 is 4.90 Å². The molecule has 3 aromatic rings. The highest BCUT2D eigenvalue weighted by Crippen LogP contribution is 2.45. The van der Waals surface area contributed by atoms with Crippen molar-refractivity contribution in [3.05, 3.63) is 69.0 Å². The number of nitrogens with zero attached hydrogens (tertiary/aromatic N) is 4. The average molecular weight is 437 g/mol.